The van der Waals surface area contributed by atoms with Crippen molar-refractivity contribution in [1.29, 1.82) is 5.26 Å². The molecule has 0 unspecified atom stereocenters. The number of rotatable bonds is 7. The smallest absolute Gasteiger partial charge is 0.293 e. The third-order valence-electron chi connectivity index (χ3n) is 3.16. The number of sulfonamides is 1. The lowest BCUT2D eigenvalue weighted by Crippen LogP contribution is -2.16. The summed E-state index contributed by atoms with van der Waals surface area (Å²) < 4.78 is 22.6. The number of nitrogens with two attached hydrogens (primary N) is 1. The van der Waals surface area contributed by atoms with Crippen LogP contribution in [0, 0.1) is 21.4 Å². The molecule has 0 fully saturated rings. The van der Waals surface area contributed by atoms with Gasteiger partial charge in [0.2, 0.25) is 10.0 Å². The Kier molecular flexibility index (Phi) is 5.48. The van der Waals surface area contributed by atoms with Crippen molar-refractivity contribution in [3.8, 4) is 6.07 Å². The van der Waals surface area contributed by atoms with E-state index in [0.717, 1.165) is 6.07 Å². The zero-order valence-corrected chi connectivity index (χ0v) is 13.7. The van der Waals surface area contributed by atoms with E-state index in [4.69, 9.17) is 10.4 Å². The van der Waals surface area contributed by atoms with Crippen LogP contribution in [0.1, 0.15) is 5.56 Å². The Hall–Kier alpha value is -3.23. The second kappa shape index (κ2) is 7.56. The lowest BCUT2D eigenvalue weighted by Gasteiger charge is -2.10. The highest BCUT2D eigenvalue weighted by Gasteiger charge is 2.18. The largest absolute Gasteiger partial charge is 0.378 e. The maximum Gasteiger partial charge on any atom is 0.293 e. The van der Waals surface area contributed by atoms with Gasteiger partial charge in [-0.3, -0.25) is 10.1 Å². The number of aromatic nitrogens is 1. The molecule has 130 valence electrons. The van der Waals surface area contributed by atoms with Crippen molar-refractivity contribution < 1.29 is 13.3 Å². The number of primary sulfonamides is 1. The maximum absolute atomic E-state index is 11.3. The fraction of sp³-hybridized carbons (Fsp3) is 0.143. The summed E-state index contributed by atoms with van der Waals surface area (Å²) in [4.78, 5) is 14.1. The third kappa shape index (κ3) is 4.63. The molecule has 0 saturated carbocycles. The van der Waals surface area contributed by atoms with E-state index in [1.54, 1.807) is 12.1 Å². The Morgan fingerprint density at radius 1 is 1.28 bits per heavy atom. The van der Waals surface area contributed by atoms with E-state index >= 15 is 0 Å². The fourth-order valence-corrected chi connectivity index (χ4v) is 2.54. The highest BCUT2D eigenvalue weighted by Crippen LogP contribution is 2.26. The Morgan fingerprint density at radius 2 is 2.00 bits per heavy atom. The van der Waals surface area contributed by atoms with E-state index in [0.29, 0.717) is 17.9 Å². The number of nitrogens with zero attached hydrogens (tertiary/aromatic N) is 3. The molecule has 4 N–H and O–H groups in total. The van der Waals surface area contributed by atoms with Crippen LogP contribution in [0.15, 0.2) is 41.4 Å². The van der Waals surface area contributed by atoms with Crippen LogP contribution in [-0.4, -0.2) is 31.4 Å². The van der Waals surface area contributed by atoms with Gasteiger partial charge in [0.25, 0.3) is 5.69 Å². The number of hydrogen-bond acceptors (Lipinski definition) is 8. The number of nitro groups is 1. The van der Waals surface area contributed by atoms with Crippen LogP contribution in [0.5, 0.6) is 0 Å². The van der Waals surface area contributed by atoms with Gasteiger partial charge in [-0.25, -0.2) is 18.5 Å². The van der Waals surface area contributed by atoms with Crippen LogP contribution in [0.4, 0.5) is 17.2 Å². The maximum atomic E-state index is 11.3. The van der Waals surface area contributed by atoms with Gasteiger partial charge in [-0.1, -0.05) is 0 Å². The third-order valence-corrected chi connectivity index (χ3v) is 4.07. The topological polar surface area (TPSA) is 164 Å². The summed E-state index contributed by atoms with van der Waals surface area (Å²) in [6.45, 7) is 0.608. The summed E-state index contributed by atoms with van der Waals surface area (Å²) in [7, 11) is -4.03. The van der Waals surface area contributed by atoms with Gasteiger partial charge in [-0.2, -0.15) is 5.26 Å². The van der Waals surface area contributed by atoms with Crippen LogP contribution < -0.4 is 15.8 Å². The normalized spacial score (nSPS) is 10.7. The van der Waals surface area contributed by atoms with E-state index in [2.05, 4.69) is 15.6 Å². The molecule has 0 aliphatic heterocycles. The number of nitrogens with one attached hydrogen (secondary N) is 2. The first kappa shape index (κ1) is 18.1. The number of pyridine rings is 1. The predicted octanol–water partition coefficient (Wildman–Crippen LogP) is 1.03. The van der Waals surface area contributed by atoms with Crippen molar-refractivity contribution in [2.75, 3.05) is 23.7 Å². The van der Waals surface area contributed by atoms with Crippen molar-refractivity contribution in [2.45, 2.75) is 4.90 Å². The quantitative estimate of drug-likeness (QED) is 0.373. The minimum atomic E-state index is -4.03. The van der Waals surface area contributed by atoms with E-state index in [-0.39, 0.29) is 17.1 Å². The lowest BCUT2D eigenvalue weighted by atomic mass is 10.2. The first-order valence-electron chi connectivity index (χ1n) is 6.97. The van der Waals surface area contributed by atoms with Crippen molar-refractivity contribution in [1.82, 2.24) is 4.98 Å². The first-order chi connectivity index (χ1) is 11.8. The standard InChI is InChI=1S/C14H14N6O4S/c15-9-10-2-1-5-18-14(10)19-7-6-17-12-4-3-11(25(16,23)24)8-13(12)20(21)22/h1-5,8,17H,6-7H2,(H,18,19)(H2,16,23,24). The van der Waals surface area contributed by atoms with E-state index < -0.39 is 20.6 Å². The number of hydrogen-bond donors (Lipinski definition) is 3. The molecule has 0 spiro atoms. The summed E-state index contributed by atoms with van der Waals surface area (Å²) >= 11 is 0. The Labute approximate surface area is 143 Å². The summed E-state index contributed by atoms with van der Waals surface area (Å²) in [5.41, 5.74) is 0.133. The second-order valence-corrected chi connectivity index (χ2v) is 6.41. The first-order valence-corrected chi connectivity index (χ1v) is 8.51. The van der Waals surface area contributed by atoms with Gasteiger partial charge in [0.15, 0.2) is 0 Å². The van der Waals surface area contributed by atoms with Crippen molar-refractivity contribution in [3.63, 3.8) is 0 Å². The molecule has 2 aromatic rings. The molecule has 2 rings (SSSR count). The number of anilines is 2. The van der Waals surface area contributed by atoms with Gasteiger partial charge in [0, 0.05) is 25.4 Å². The van der Waals surface area contributed by atoms with Crippen LogP contribution in [0.2, 0.25) is 0 Å². The van der Waals surface area contributed by atoms with Crippen molar-refractivity contribution in [2.24, 2.45) is 5.14 Å². The van der Waals surface area contributed by atoms with Crippen LogP contribution in [-0.2, 0) is 10.0 Å². The minimum Gasteiger partial charge on any atom is -0.378 e. The molecule has 11 heteroatoms. The van der Waals surface area contributed by atoms with Gasteiger partial charge >= 0.3 is 0 Å². The van der Waals surface area contributed by atoms with Crippen LogP contribution in [0.3, 0.4) is 0 Å². The molecule has 0 amide bonds. The second-order valence-electron chi connectivity index (χ2n) is 4.85. The van der Waals surface area contributed by atoms with E-state index in [9.17, 15) is 18.5 Å². The van der Waals surface area contributed by atoms with Gasteiger partial charge in [0.1, 0.15) is 17.6 Å². The molecule has 10 nitrogen and oxygen atoms in total. The van der Waals surface area contributed by atoms with Crippen LogP contribution in [0.25, 0.3) is 0 Å². The SMILES string of the molecule is N#Cc1cccnc1NCCNc1ccc(S(N)(=O)=O)cc1[N+](=O)[O-]. The fourth-order valence-electron chi connectivity index (χ4n) is 2.00. The lowest BCUT2D eigenvalue weighted by molar-refractivity contribution is -0.384. The molecule has 0 aliphatic carbocycles. The molecule has 1 heterocycles. The zero-order chi connectivity index (χ0) is 18.4. The Morgan fingerprint density at radius 3 is 2.64 bits per heavy atom. The van der Waals surface area contributed by atoms with Gasteiger partial charge in [-0.15, -0.1) is 0 Å². The highest BCUT2D eigenvalue weighted by molar-refractivity contribution is 7.89. The van der Waals surface area contributed by atoms with E-state index in [1.807, 2.05) is 6.07 Å². The molecular formula is C14H14N6O4S. The zero-order valence-electron chi connectivity index (χ0n) is 12.8. The molecule has 0 bridgehead atoms. The molecule has 25 heavy (non-hydrogen) atoms. The van der Waals surface area contributed by atoms with Gasteiger partial charge < -0.3 is 10.6 Å². The molecule has 0 saturated heterocycles. The summed E-state index contributed by atoms with van der Waals surface area (Å²) in [6, 6.07) is 8.61. The predicted molar refractivity (Wildman–Crippen MR) is 90.4 cm³/mol. The van der Waals surface area contributed by atoms with Crippen LogP contribution >= 0.6 is 0 Å². The highest BCUT2D eigenvalue weighted by atomic mass is 32.2. The molecule has 1 aromatic carbocycles. The Balaban J connectivity index is 2.06. The van der Waals surface area contributed by atoms with E-state index in [1.165, 1.54) is 18.3 Å². The van der Waals surface area contributed by atoms with Crippen molar-refractivity contribution >= 4 is 27.2 Å². The molecule has 0 aliphatic rings. The Bertz CT molecular complexity index is 939. The van der Waals surface area contributed by atoms with Gasteiger partial charge in [0.05, 0.1) is 15.4 Å². The minimum absolute atomic E-state index is 0.153. The molecular weight excluding hydrogens is 348 g/mol. The number of benzene rings is 1. The monoisotopic (exact) mass is 362 g/mol. The molecule has 0 atom stereocenters. The summed E-state index contributed by atoms with van der Waals surface area (Å²) in [6.07, 6.45) is 1.54. The number of nitro benzene ring substituents is 1. The molecule has 0 radical (unpaired) electrons. The van der Waals surface area contributed by atoms with Crippen molar-refractivity contribution in [3.05, 3.63) is 52.2 Å². The number of nitriles is 1. The summed E-state index contributed by atoms with van der Waals surface area (Å²) in [5, 5.41) is 30.8. The summed E-state index contributed by atoms with van der Waals surface area (Å²) in [5.74, 6) is 0.408. The molecule has 1 aromatic heterocycles. The average molecular weight is 362 g/mol. The average Bonchev–Trinajstić information content (AvgIpc) is 2.58. The van der Waals surface area contributed by atoms with Gasteiger partial charge in [-0.05, 0) is 24.3 Å².